The first-order valence-electron chi connectivity index (χ1n) is 11.5. The van der Waals surface area contributed by atoms with E-state index in [2.05, 4.69) is 15.5 Å². The summed E-state index contributed by atoms with van der Waals surface area (Å²) in [5.74, 6) is -0.625. The van der Waals surface area contributed by atoms with Crippen LogP contribution in [0.4, 0.5) is 0 Å². The Kier molecular flexibility index (Phi) is 7.77. The van der Waals surface area contributed by atoms with Gasteiger partial charge >= 0.3 is 0 Å². The zero-order chi connectivity index (χ0) is 23.4. The Morgan fingerprint density at radius 2 is 1.91 bits per heavy atom. The first-order chi connectivity index (χ1) is 15.2. The van der Waals surface area contributed by atoms with E-state index in [4.69, 9.17) is 0 Å². The molecule has 0 saturated carbocycles. The summed E-state index contributed by atoms with van der Waals surface area (Å²) < 4.78 is 0. The van der Waals surface area contributed by atoms with E-state index < -0.39 is 24.0 Å². The quantitative estimate of drug-likeness (QED) is 0.503. The van der Waals surface area contributed by atoms with Gasteiger partial charge in [0.2, 0.25) is 17.7 Å². The molecule has 2 saturated heterocycles. The maximum absolute atomic E-state index is 13.4. The van der Waals surface area contributed by atoms with Crippen molar-refractivity contribution in [2.24, 2.45) is 11.8 Å². The van der Waals surface area contributed by atoms with Gasteiger partial charge in [-0.2, -0.15) is 0 Å². The van der Waals surface area contributed by atoms with E-state index in [1.54, 1.807) is 29.2 Å². The number of unbranched alkanes of at least 4 members (excludes halogenated alkanes) is 1. The molecule has 1 aromatic rings. The second-order valence-corrected chi connectivity index (χ2v) is 9.63. The largest absolute Gasteiger partial charge is 0.508 e. The Morgan fingerprint density at radius 3 is 2.53 bits per heavy atom. The highest BCUT2D eigenvalue weighted by molar-refractivity contribution is 5.99. The monoisotopic (exact) mass is 444 g/mol. The number of nitrogens with one attached hydrogen (secondary N) is 2. The Hall–Kier alpha value is -2.61. The van der Waals surface area contributed by atoms with Gasteiger partial charge < -0.3 is 25.5 Å². The highest BCUT2D eigenvalue weighted by Crippen LogP contribution is 2.43. The lowest BCUT2D eigenvalue weighted by molar-refractivity contribution is -0.150. The van der Waals surface area contributed by atoms with Gasteiger partial charge in [0.15, 0.2) is 0 Å². The van der Waals surface area contributed by atoms with E-state index >= 15 is 0 Å². The van der Waals surface area contributed by atoms with Gasteiger partial charge in [-0.15, -0.1) is 0 Å². The fourth-order valence-electron chi connectivity index (χ4n) is 4.75. The maximum atomic E-state index is 13.4. The van der Waals surface area contributed by atoms with Crippen molar-refractivity contribution in [3.8, 4) is 5.75 Å². The number of hydrogen-bond donors (Lipinski definition) is 3. The summed E-state index contributed by atoms with van der Waals surface area (Å²) in [4.78, 5) is 43.2. The van der Waals surface area contributed by atoms with Gasteiger partial charge in [-0.3, -0.25) is 14.4 Å². The second kappa shape index (κ2) is 10.3. The van der Waals surface area contributed by atoms with Gasteiger partial charge in [-0.25, -0.2) is 0 Å². The number of carbonyl (C=O) groups is 3. The van der Waals surface area contributed by atoms with Crippen LogP contribution >= 0.6 is 0 Å². The molecule has 3 N–H and O–H groups in total. The van der Waals surface area contributed by atoms with E-state index in [-0.39, 0.29) is 29.4 Å². The minimum Gasteiger partial charge on any atom is -0.508 e. The smallest absolute Gasteiger partial charge is 0.246 e. The topological polar surface area (TPSA) is 102 Å². The lowest BCUT2D eigenvalue weighted by atomic mass is 9.92. The van der Waals surface area contributed by atoms with Crippen LogP contribution in [0.1, 0.15) is 51.1 Å². The van der Waals surface area contributed by atoms with E-state index in [1.165, 1.54) is 0 Å². The highest BCUT2D eigenvalue weighted by Gasteiger charge is 2.54. The van der Waals surface area contributed by atoms with Crippen LogP contribution in [-0.2, 0) is 14.4 Å². The summed E-state index contributed by atoms with van der Waals surface area (Å²) in [5.41, 5.74) is 0.754. The second-order valence-electron chi connectivity index (χ2n) is 9.63. The van der Waals surface area contributed by atoms with Crippen LogP contribution in [-0.4, -0.2) is 71.9 Å². The number of rotatable bonds is 9. The molecule has 32 heavy (non-hydrogen) atoms. The molecule has 0 spiro atoms. The number of hydrogen-bond acceptors (Lipinski definition) is 5. The Bertz CT molecular complexity index is 824. The molecule has 2 fully saturated rings. The van der Waals surface area contributed by atoms with Crippen molar-refractivity contribution in [3.05, 3.63) is 29.8 Å². The first kappa shape index (κ1) is 24.0. The first-order valence-corrected chi connectivity index (χ1v) is 11.5. The third kappa shape index (κ3) is 5.41. The average Bonchev–Trinajstić information content (AvgIpc) is 3.13. The van der Waals surface area contributed by atoms with E-state index in [0.717, 1.165) is 24.9 Å². The molecule has 0 bridgehead atoms. The third-order valence-electron chi connectivity index (χ3n) is 6.28. The molecule has 8 heteroatoms. The van der Waals surface area contributed by atoms with Crippen molar-refractivity contribution in [2.75, 3.05) is 27.2 Å². The van der Waals surface area contributed by atoms with Crippen molar-refractivity contribution in [2.45, 2.75) is 57.7 Å². The van der Waals surface area contributed by atoms with Gasteiger partial charge in [-0.05, 0) is 69.9 Å². The summed E-state index contributed by atoms with van der Waals surface area (Å²) in [6.07, 6.45) is 2.69. The minimum atomic E-state index is -0.658. The lowest BCUT2D eigenvalue weighted by Crippen LogP contribution is -2.61. The molecule has 4 atom stereocenters. The molecule has 2 aliphatic heterocycles. The van der Waals surface area contributed by atoms with Crippen molar-refractivity contribution in [1.29, 1.82) is 0 Å². The number of fused-ring (bicyclic) bond motifs is 1. The number of piperazine rings is 1. The van der Waals surface area contributed by atoms with Gasteiger partial charge in [0.05, 0.1) is 12.0 Å². The van der Waals surface area contributed by atoms with E-state index in [1.807, 2.05) is 27.9 Å². The SMILES string of the molecule is CC(C)C[C@@H]1NC(=O)[C@H]2C[C@@H](C(=O)NCCCCN(C)C)[C@@H](c3ccc(O)cc3)N2C1=O. The molecule has 2 heterocycles. The van der Waals surface area contributed by atoms with Crippen LogP contribution in [0.3, 0.4) is 0 Å². The molecule has 0 aromatic heterocycles. The molecule has 1 aromatic carbocycles. The number of amides is 3. The molecular weight excluding hydrogens is 408 g/mol. The zero-order valence-corrected chi connectivity index (χ0v) is 19.5. The van der Waals surface area contributed by atoms with Crippen LogP contribution in [0.25, 0.3) is 0 Å². The molecule has 0 unspecified atom stereocenters. The predicted molar refractivity (Wildman–Crippen MR) is 122 cm³/mol. The standard InChI is InChI=1S/C24H36N4O4/c1-15(2)13-19-24(32)28-20(23(31)26-19)14-18(21(28)16-7-9-17(29)10-8-16)22(30)25-11-5-6-12-27(3)4/h7-10,15,18-21,29H,5-6,11-14H2,1-4H3,(H,25,30)(H,26,31)/t18-,19+,20-,21-/m1/s1. The zero-order valence-electron chi connectivity index (χ0n) is 19.5. The van der Waals surface area contributed by atoms with Crippen molar-refractivity contribution in [3.63, 3.8) is 0 Å². The number of phenols is 1. The van der Waals surface area contributed by atoms with Crippen LogP contribution < -0.4 is 10.6 Å². The van der Waals surface area contributed by atoms with Gasteiger partial charge in [0.1, 0.15) is 17.8 Å². The summed E-state index contributed by atoms with van der Waals surface area (Å²) in [5, 5.41) is 15.6. The van der Waals surface area contributed by atoms with Crippen LogP contribution in [0.2, 0.25) is 0 Å². The fourth-order valence-corrected chi connectivity index (χ4v) is 4.75. The van der Waals surface area contributed by atoms with Gasteiger partial charge in [0.25, 0.3) is 0 Å². The normalized spacial score (nSPS) is 25.2. The Balaban J connectivity index is 1.82. The van der Waals surface area contributed by atoms with E-state index in [0.29, 0.717) is 19.4 Å². The molecule has 176 valence electrons. The molecular formula is C24H36N4O4. The molecule has 0 aliphatic carbocycles. The number of aromatic hydroxyl groups is 1. The maximum Gasteiger partial charge on any atom is 0.246 e. The van der Waals surface area contributed by atoms with Crippen molar-refractivity contribution >= 4 is 17.7 Å². The molecule has 3 rings (SSSR count). The summed E-state index contributed by atoms with van der Waals surface area (Å²) in [6, 6.07) is 4.81. The fraction of sp³-hybridized carbons (Fsp3) is 0.625. The van der Waals surface area contributed by atoms with Gasteiger partial charge in [-0.1, -0.05) is 26.0 Å². The Morgan fingerprint density at radius 1 is 1.22 bits per heavy atom. The number of carbonyl (C=O) groups excluding carboxylic acids is 3. The molecule has 3 amide bonds. The highest BCUT2D eigenvalue weighted by atomic mass is 16.3. The number of benzene rings is 1. The number of nitrogens with zero attached hydrogens (tertiary/aromatic N) is 2. The molecule has 0 radical (unpaired) electrons. The molecule has 8 nitrogen and oxygen atoms in total. The van der Waals surface area contributed by atoms with Crippen molar-refractivity contribution in [1.82, 2.24) is 20.4 Å². The van der Waals surface area contributed by atoms with E-state index in [9.17, 15) is 19.5 Å². The summed E-state index contributed by atoms with van der Waals surface area (Å²) in [6.45, 7) is 5.54. The average molecular weight is 445 g/mol. The number of phenolic OH excluding ortho intramolecular Hbond substituents is 1. The van der Waals surface area contributed by atoms with Gasteiger partial charge in [0, 0.05) is 6.54 Å². The van der Waals surface area contributed by atoms with Crippen LogP contribution in [0, 0.1) is 11.8 Å². The molecule has 2 aliphatic rings. The minimum absolute atomic E-state index is 0.116. The summed E-state index contributed by atoms with van der Waals surface area (Å²) in [7, 11) is 4.04. The predicted octanol–water partition coefficient (Wildman–Crippen LogP) is 1.65. The van der Waals surface area contributed by atoms with Crippen molar-refractivity contribution < 1.29 is 19.5 Å². The van der Waals surface area contributed by atoms with Crippen LogP contribution in [0.15, 0.2) is 24.3 Å². The lowest BCUT2D eigenvalue weighted by Gasteiger charge is -2.39. The Labute approximate surface area is 190 Å². The van der Waals surface area contributed by atoms with Crippen LogP contribution in [0.5, 0.6) is 5.75 Å². The summed E-state index contributed by atoms with van der Waals surface area (Å²) >= 11 is 0. The third-order valence-corrected chi connectivity index (χ3v) is 6.28.